The highest BCUT2D eigenvalue weighted by Gasteiger charge is 2.10. The van der Waals surface area contributed by atoms with Crippen LogP contribution in [-0.4, -0.2) is 22.4 Å². The minimum absolute atomic E-state index is 0.306. The molecule has 0 aliphatic heterocycles. The Bertz CT molecular complexity index is 531. The number of esters is 1. The largest absolute Gasteiger partial charge is 0.461 e. The first-order chi connectivity index (χ1) is 8.70. The molecule has 0 unspecified atom stereocenters. The highest BCUT2D eigenvalue weighted by molar-refractivity contribution is 5.87. The highest BCUT2D eigenvalue weighted by atomic mass is 16.5. The van der Waals surface area contributed by atoms with Crippen molar-refractivity contribution in [2.45, 2.75) is 13.3 Å². The minimum Gasteiger partial charge on any atom is -0.461 e. The summed E-state index contributed by atoms with van der Waals surface area (Å²) in [5.74, 6) is -0.397. The number of hydrogen-bond donors (Lipinski definition) is 1. The molecule has 2 aromatic rings. The first-order valence-corrected chi connectivity index (χ1v) is 5.79. The van der Waals surface area contributed by atoms with Crippen LogP contribution in [0.15, 0.2) is 36.5 Å². The van der Waals surface area contributed by atoms with Crippen LogP contribution < -0.4 is 5.73 Å². The number of nitrogens with zero attached hydrogens (tertiary/aromatic N) is 2. The van der Waals surface area contributed by atoms with Gasteiger partial charge in [-0.2, -0.15) is 5.10 Å². The van der Waals surface area contributed by atoms with Crippen LogP contribution >= 0.6 is 0 Å². The van der Waals surface area contributed by atoms with Crippen molar-refractivity contribution in [2.24, 2.45) is 0 Å². The maximum atomic E-state index is 11.6. The van der Waals surface area contributed by atoms with Gasteiger partial charge in [-0.05, 0) is 36.8 Å². The fourth-order valence-electron chi connectivity index (χ4n) is 1.47. The number of carbonyl (C=O) groups is 1. The van der Waals surface area contributed by atoms with E-state index in [1.54, 1.807) is 29.1 Å². The van der Waals surface area contributed by atoms with Crippen LogP contribution in [0.25, 0.3) is 5.69 Å². The van der Waals surface area contributed by atoms with Gasteiger partial charge in [0.2, 0.25) is 0 Å². The van der Waals surface area contributed by atoms with Gasteiger partial charge in [0.05, 0.1) is 12.3 Å². The van der Waals surface area contributed by atoms with E-state index >= 15 is 0 Å². The third kappa shape index (κ3) is 2.68. The number of anilines is 1. The third-order valence-electron chi connectivity index (χ3n) is 2.39. The molecule has 0 aliphatic rings. The Morgan fingerprint density at radius 1 is 1.33 bits per heavy atom. The first kappa shape index (κ1) is 12.2. The summed E-state index contributed by atoms with van der Waals surface area (Å²) in [5.41, 5.74) is 7.45. The molecule has 5 heteroatoms. The lowest BCUT2D eigenvalue weighted by Gasteiger charge is -2.02. The van der Waals surface area contributed by atoms with Crippen molar-refractivity contribution in [3.05, 3.63) is 42.2 Å². The number of nitrogens with two attached hydrogens (primary N) is 1. The second-order valence-electron chi connectivity index (χ2n) is 3.87. The second kappa shape index (κ2) is 5.35. The minimum atomic E-state index is -0.397. The van der Waals surface area contributed by atoms with Gasteiger partial charge in [-0.1, -0.05) is 6.92 Å². The van der Waals surface area contributed by atoms with Gasteiger partial charge in [0.15, 0.2) is 5.69 Å². The highest BCUT2D eigenvalue weighted by Crippen LogP contribution is 2.11. The molecule has 94 valence electrons. The molecular formula is C13H15N3O2. The molecule has 2 rings (SSSR count). The lowest BCUT2D eigenvalue weighted by atomic mass is 10.3. The van der Waals surface area contributed by atoms with Crippen molar-refractivity contribution in [1.29, 1.82) is 0 Å². The molecule has 0 spiro atoms. The molecule has 0 aliphatic carbocycles. The van der Waals surface area contributed by atoms with Gasteiger partial charge in [-0.25, -0.2) is 9.48 Å². The lowest BCUT2D eigenvalue weighted by Crippen LogP contribution is -2.07. The van der Waals surface area contributed by atoms with Crippen molar-refractivity contribution < 1.29 is 9.53 Å². The van der Waals surface area contributed by atoms with E-state index in [1.807, 2.05) is 19.1 Å². The Hall–Kier alpha value is -2.30. The van der Waals surface area contributed by atoms with E-state index in [2.05, 4.69) is 5.10 Å². The number of carbonyl (C=O) groups excluding carboxylic acids is 1. The maximum absolute atomic E-state index is 11.6. The Morgan fingerprint density at radius 2 is 2.06 bits per heavy atom. The Kier molecular flexibility index (Phi) is 3.62. The summed E-state index contributed by atoms with van der Waals surface area (Å²) in [6, 6.07) is 8.87. The molecule has 18 heavy (non-hydrogen) atoms. The van der Waals surface area contributed by atoms with Gasteiger partial charge in [0.1, 0.15) is 0 Å². The molecule has 0 amide bonds. The number of ether oxygens (including phenoxy) is 1. The van der Waals surface area contributed by atoms with Crippen LogP contribution in [0.4, 0.5) is 5.69 Å². The van der Waals surface area contributed by atoms with Crippen molar-refractivity contribution in [1.82, 2.24) is 9.78 Å². The number of hydrogen-bond acceptors (Lipinski definition) is 4. The van der Waals surface area contributed by atoms with Crippen molar-refractivity contribution in [3.63, 3.8) is 0 Å². The van der Waals surface area contributed by atoms with Gasteiger partial charge < -0.3 is 10.5 Å². The smallest absolute Gasteiger partial charge is 0.358 e. The molecule has 0 saturated carbocycles. The van der Waals surface area contributed by atoms with Crippen LogP contribution in [0.1, 0.15) is 23.8 Å². The van der Waals surface area contributed by atoms with E-state index in [4.69, 9.17) is 10.5 Å². The van der Waals surface area contributed by atoms with Gasteiger partial charge in [0.25, 0.3) is 0 Å². The van der Waals surface area contributed by atoms with Gasteiger partial charge in [0, 0.05) is 11.9 Å². The zero-order valence-corrected chi connectivity index (χ0v) is 10.2. The van der Waals surface area contributed by atoms with Crippen LogP contribution in [0.2, 0.25) is 0 Å². The van der Waals surface area contributed by atoms with E-state index in [0.29, 0.717) is 18.0 Å². The fraction of sp³-hybridized carbons (Fsp3) is 0.231. The number of rotatable bonds is 4. The number of aromatic nitrogens is 2. The summed E-state index contributed by atoms with van der Waals surface area (Å²) in [5, 5.41) is 4.16. The van der Waals surface area contributed by atoms with Crippen molar-refractivity contribution in [3.8, 4) is 5.69 Å². The van der Waals surface area contributed by atoms with E-state index in [1.165, 1.54) is 0 Å². The van der Waals surface area contributed by atoms with E-state index < -0.39 is 5.97 Å². The molecule has 1 aromatic carbocycles. The van der Waals surface area contributed by atoms with Gasteiger partial charge in [-0.15, -0.1) is 0 Å². The van der Waals surface area contributed by atoms with E-state index in [9.17, 15) is 4.79 Å². The SMILES string of the molecule is CCCOC(=O)c1ccn(-c2ccc(N)cc2)n1. The normalized spacial score (nSPS) is 10.3. The quantitative estimate of drug-likeness (QED) is 0.661. The van der Waals surface area contributed by atoms with E-state index in [0.717, 1.165) is 12.1 Å². The summed E-state index contributed by atoms with van der Waals surface area (Å²) in [6.45, 7) is 2.35. The third-order valence-corrected chi connectivity index (χ3v) is 2.39. The van der Waals surface area contributed by atoms with E-state index in [-0.39, 0.29) is 0 Å². The Balaban J connectivity index is 2.15. The average Bonchev–Trinajstić information content (AvgIpc) is 2.86. The monoisotopic (exact) mass is 245 g/mol. The summed E-state index contributed by atoms with van der Waals surface area (Å²) in [4.78, 5) is 11.6. The Labute approximate surface area is 105 Å². The summed E-state index contributed by atoms with van der Waals surface area (Å²) in [7, 11) is 0. The zero-order chi connectivity index (χ0) is 13.0. The molecule has 0 bridgehead atoms. The predicted molar refractivity (Wildman–Crippen MR) is 68.5 cm³/mol. The molecule has 1 heterocycles. The number of nitrogen functional groups attached to an aromatic ring is 1. The summed E-state index contributed by atoms with van der Waals surface area (Å²) >= 11 is 0. The molecule has 0 atom stereocenters. The van der Waals surface area contributed by atoms with Crippen molar-refractivity contribution >= 4 is 11.7 Å². The van der Waals surface area contributed by atoms with Gasteiger partial charge in [-0.3, -0.25) is 0 Å². The number of benzene rings is 1. The second-order valence-corrected chi connectivity index (χ2v) is 3.87. The first-order valence-electron chi connectivity index (χ1n) is 5.79. The Morgan fingerprint density at radius 3 is 2.72 bits per heavy atom. The van der Waals surface area contributed by atoms with Crippen molar-refractivity contribution in [2.75, 3.05) is 12.3 Å². The molecule has 2 N–H and O–H groups in total. The maximum Gasteiger partial charge on any atom is 0.358 e. The van der Waals surface area contributed by atoms with Crippen LogP contribution in [0.5, 0.6) is 0 Å². The van der Waals surface area contributed by atoms with Gasteiger partial charge >= 0.3 is 5.97 Å². The van der Waals surface area contributed by atoms with Crippen LogP contribution in [-0.2, 0) is 4.74 Å². The standard InChI is InChI=1S/C13H15N3O2/c1-2-9-18-13(17)12-7-8-16(15-12)11-5-3-10(14)4-6-11/h3-8H,2,9,14H2,1H3. The zero-order valence-electron chi connectivity index (χ0n) is 10.2. The summed E-state index contributed by atoms with van der Waals surface area (Å²) in [6.07, 6.45) is 2.51. The topological polar surface area (TPSA) is 70.1 Å². The lowest BCUT2D eigenvalue weighted by molar-refractivity contribution is 0.0497. The molecule has 0 radical (unpaired) electrons. The molecule has 1 aromatic heterocycles. The van der Waals surface area contributed by atoms with Crippen LogP contribution in [0.3, 0.4) is 0 Å². The molecule has 0 saturated heterocycles. The average molecular weight is 245 g/mol. The molecule has 5 nitrogen and oxygen atoms in total. The fourth-order valence-corrected chi connectivity index (χ4v) is 1.47. The molecule has 0 fully saturated rings. The summed E-state index contributed by atoms with van der Waals surface area (Å²) < 4.78 is 6.62. The molecular weight excluding hydrogens is 230 g/mol. The van der Waals surface area contributed by atoms with Crippen LogP contribution in [0, 0.1) is 0 Å². The predicted octanol–water partition coefficient (Wildman–Crippen LogP) is 2.02.